The van der Waals surface area contributed by atoms with E-state index in [0.29, 0.717) is 24.0 Å². The molecule has 0 bridgehead atoms. The number of carbonyl (C=O) groups excluding carboxylic acids is 2. The fraction of sp³-hybridized carbons (Fsp3) is 0.266. The third kappa shape index (κ3) is 7.43. The van der Waals surface area contributed by atoms with E-state index in [1.165, 1.54) is 94.6 Å². The van der Waals surface area contributed by atoms with Gasteiger partial charge in [-0.15, -0.1) is 0 Å². The molecule has 0 aliphatic heterocycles. The van der Waals surface area contributed by atoms with Crippen LogP contribution < -0.4 is 4.90 Å². The average molecular weight is 1080 g/mol. The van der Waals surface area contributed by atoms with Crippen molar-refractivity contribution in [2.24, 2.45) is 0 Å². The Morgan fingerprint density at radius 1 is 0.458 bits per heavy atom. The summed E-state index contributed by atoms with van der Waals surface area (Å²) in [7, 11) is 0. The zero-order chi connectivity index (χ0) is 57.0. The molecule has 4 nitrogen and oxygen atoms in total. The van der Waals surface area contributed by atoms with Crippen molar-refractivity contribution >= 4 is 93.5 Å². The summed E-state index contributed by atoms with van der Waals surface area (Å²) in [4.78, 5) is 33.0. The van der Waals surface area contributed by atoms with Gasteiger partial charge < -0.3 is 9.47 Å². The van der Waals surface area contributed by atoms with Crippen LogP contribution in [-0.4, -0.2) is 16.1 Å². The highest BCUT2D eigenvalue weighted by Crippen LogP contribution is 2.55. The molecule has 1 atom stereocenters. The Bertz CT molecular complexity index is 4600. The van der Waals surface area contributed by atoms with E-state index in [1.54, 1.807) is 0 Å². The third-order valence-corrected chi connectivity index (χ3v) is 20.2. The molecule has 0 spiro atoms. The molecule has 0 radical (unpaired) electrons. The van der Waals surface area contributed by atoms with Crippen LogP contribution in [0, 0.1) is 0 Å². The summed E-state index contributed by atoms with van der Waals surface area (Å²) in [6.45, 7) is 21.6. The first-order valence-electron chi connectivity index (χ1n) is 30.8. The maximum absolute atomic E-state index is 15.7. The smallest absolute Gasteiger partial charge is 0.170 e. The van der Waals surface area contributed by atoms with Crippen molar-refractivity contribution in [3.63, 3.8) is 0 Å². The lowest BCUT2D eigenvalue weighted by atomic mass is 9.74. The summed E-state index contributed by atoms with van der Waals surface area (Å²) in [5.41, 5.74) is 21.1. The minimum absolute atomic E-state index is 0.111. The number of fused-ring (bicyclic) bond motifs is 12. The van der Waals surface area contributed by atoms with Crippen LogP contribution >= 0.6 is 0 Å². The molecular weight excluding hydrogens is 1010 g/mol. The van der Waals surface area contributed by atoms with Crippen LogP contribution in [0.2, 0.25) is 0 Å². The van der Waals surface area contributed by atoms with Crippen LogP contribution in [0.5, 0.6) is 0 Å². The molecule has 1 heterocycles. The quantitative estimate of drug-likeness (QED) is 0.0736. The first-order chi connectivity index (χ1) is 40.2. The summed E-state index contributed by atoms with van der Waals surface area (Å²) in [5, 5.41) is 11.3. The summed E-state index contributed by atoms with van der Waals surface area (Å²) in [5.74, 6) is 0.286. The number of anilines is 3. The van der Waals surface area contributed by atoms with E-state index in [-0.39, 0.29) is 34.2 Å². The Kier molecular flexibility index (Phi) is 11.7. The number of Topliss-reactive ketones (excluding diaryl/α,β-unsaturated/α-hetero) is 2. The van der Waals surface area contributed by atoms with Crippen LogP contribution in [0.4, 0.5) is 17.1 Å². The highest BCUT2D eigenvalue weighted by atomic mass is 16.1. The van der Waals surface area contributed by atoms with Gasteiger partial charge in [-0.1, -0.05) is 209 Å². The Morgan fingerprint density at radius 3 is 1.63 bits per heavy atom. The molecule has 410 valence electrons. The molecule has 15 rings (SSSR count). The van der Waals surface area contributed by atoms with Crippen LogP contribution in [0.25, 0.3) is 87.1 Å². The average Bonchev–Trinajstić information content (AvgIpc) is 2.01. The van der Waals surface area contributed by atoms with Crippen molar-refractivity contribution in [1.29, 1.82) is 0 Å². The number of unbranched alkanes of at least 4 members (excludes halogenated alkanes) is 3. The van der Waals surface area contributed by atoms with E-state index in [9.17, 15) is 4.79 Å². The first-order valence-corrected chi connectivity index (χ1v) is 30.8. The van der Waals surface area contributed by atoms with E-state index >= 15 is 4.79 Å². The van der Waals surface area contributed by atoms with Gasteiger partial charge in [-0.2, -0.15) is 0 Å². The molecule has 4 heteroatoms. The van der Waals surface area contributed by atoms with E-state index in [4.69, 9.17) is 0 Å². The fourth-order valence-electron chi connectivity index (χ4n) is 16.1. The largest absolute Gasteiger partial charge is 0.340 e. The second-order valence-corrected chi connectivity index (χ2v) is 26.2. The summed E-state index contributed by atoms with van der Waals surface area (Å²) >= 11 is 0. The van der Waals surface area contributed by atoms with Gasteiger partial charge in [0.25, 0.3) is 0 Å². The van der Waals surface area contributed by atoms with Gasteiger partial charge >= 0.3 is 0 Å². The molecule has 1 aromatic heterocycles. The lowest BCUT2D eigenvalue weighted by Crippen LogP contribution is -2.22. The fourth-order valence-corrected chi connectivity index (χ4v) is 16.1. The third-order valence-electron chi connectivity index (χ3n) is 20.2. The highest BCUT2D eigenvalue weighted by molar-refractivity contribution is 6.40. The monoisotopic (exact) mass is 1080 g/mol. The van der Waals surface area contributed by atoms with Crippen molar-refractivity contribution in [2.45, 2.75) is 136 Å². The van der Waals surface area contributed by atoms with Gasteiger partial charge in [0.05, 0.1) is 11.0 Å². The molecule has 0 amide bonds. The molecule has 11 aromatic carbocycles. The van der Waals surface area contributed by atoms with Crippen LogP contribution in [0.3, 0.4) is 0 Å². The Balaban J connectivity index is 0.967. The van der Waals surface area contributed by atoms with Crippen LogP contribution in [0.15, 0.2) is 170 Å². The number of hydrogen-bond acceptors (Lipinski definition) is 3. The molecule has 3 aliphatic rings. The molecule has 3 aliphatic carbocycles. The van der Waals surface area contributed by atoms with Gasteiger partial charge in [-0.25, -0.2) is 0 Å². The predicted molar refractivity (Wildman–Crippen MR) is 350 cm³/mol. The predicted octanol–water partition coefficient (Wildman–Crippen LogP) is 21.7. The van der Waals surface area contributed by atoms with Crippen molar-refractivity contribution < 1.29 is 9.59 Å². The standard InChI is InChI=1S/C79H72N2O2/c1-10-11-12-17-40-80-69-43-49(81(47-28-31-54-52-20-13-15-26-65(52)78(6,7)67(54)41-47)48-29-32-55-53-21-14-16-27-66(53)79(8,9)68(55)42-48)30-33-59(69)74-61-25-19-24-56-57-34-36-60-71(82)39-38-62(72-50(45(2)3)22-18-23-51(72)46(4)5)77(83)63-37-35-58(75(57)76(60)63)64(73(56)61)44-70(74)80/h13-16,18-37,41-46,62H,10-12,17,38-40H2,1-9H3. The van der Waals surface area contributed by atoms with Gasteiger partial charge in [-0.3, -0.25) is 9.59 Å². The van der Waals surface area contributed by atoms with Crippen molar-refractivity contribution in [3.8, 4) is 22.3 Å². The molecule has 1 unspecified atom stereocenters. The van der Waals surface area contributed by atoms with E-state index < -0.39 is 5.92 Å². The van der Waals surface area contributed by atoms with E-state index in [0.717, 1.165) is 80.8 Å². The second kappa shape index (κ2) is 18.8. The number of aromatic nitrogens is 1. The number of carbonyl (C=O) groups is 2. The van der Waals surface area contributed by atoms with E-state index in [1.807, 2.05) is 6.07 Å². The highest BCUT2D eigenvalue weighted by Gasteiger charge is 2.39. The van der Waals surface area contributed by atoms with Gasteiger partial charge in [0.2, 0.25) is 0 Å². The number of ketones is 2. The van der Waals surface area contributed by atoms with Crippen LogP contribution in [0.1, 0.15) is 178 Å². The van der Waals surface area contributed by atoms with Gasteiger partial charge in [0.15, 0.2) is 11.6 Å². The number of rotatable bonds is 11. The molecule has 0 saturated carbocycles. The molecule has 0 fully saturated rings. The van der Waals surface area contributed by atoms with Crippen molar-refractivity contribution in [2.75, 3.05) is 4.90 Å². The SMILES string of the molecule is CCCCCCn1c2cc(N(c3ccc4c(c3)C(C)(C)c3ccccc3-4)c3ccc4c(c3)C(C)(C)c3ccccc3-4)ccc2c2c3cccc4c5ccc6c7c(ccc(c(cc21)c43)c75)C(=O)C(c1c(C(C)C)cccc1C(C)C)CCC6=O. The minimum Gasteiger partial charge on any atom is -0.340 e. The lowest BCUT2D eigenvalue weighted by molar-refractivity contribution is 0.0932. The summed E-state index contributed by atoms with van der Waals surface area (Å²) in [6.07, 6.45) is 5.38. The first kappa shape index (κ1) is 51.5. The summed E-state index contributed by atoms with van der Waals surface area (Å²) in [6, 6.07) is 63.8. The normalized spacial score (nSPS) is 16.0. The number of nitrogens with zero attached hydrogens (tertiary/aromatic N) is 2. The van der Waals surface area contributed by atoms with E-state index in [2.05, 4.69) is 236 Å². The number of benzene rings is 11. The molecular formula is C79H72N2O2. The molecule has 0 saturated heterocycles. The molecule has 12 aromatic rings. The lowest BCUT2D eigenvalue weighted by Gasteiger charge is -2.30. The van der Waals surface area contributed by atoms with Gasteiger partial charge in [-0.05, 0) is 166 Å². The summed E-state index contributed by atoms with van der Waals surface area (Å²) < 4.78 is 2.63. The Hall–Kier alpha value is -8.34. The second-order valence-electron chi connectivity index (χ2n) is 26.2. The maximum Gasteiger partial charge on any atom is 0.170 e. The van der Waals surface area contributed by atoms with Crippen molar-refractivity contribution in [1.82, 2.24) is 4.57 Å². The zero-order valence-corrected chi connectivity index (χ0v) is 49.6. The topological polar surface area (TPSA) is 42.3 Å². The zero-order valence-electron chi connectivity index (χ0n) is 49.6. The maximum atomic E-state index is 15.7. The minimum atomic E-state index is -0.415. The van der Waals surface area contributed by atoms with Crippen LogP contribution in [-0.2, 0) is 17.4 Å². The van der Waals surface area contributed by atoms with Gasteiger partial charge in [0.1, 0.15) is 0 Å². The Labute approximate surface area is 488 Å². The number of hydrogen-bond donors (Lipinski definition) is 0. The van der Waals surface area contributed by atoms with Gasteiger partial charge in [0, 0.05) is 74.1 Å². The molecule has 83 heavy (non-hydrogen) atoms. The molecule has 0 N–H and O–H groups in total. The number of aryl methyl sites for hydroxylation is 1. The van der Waals surface area contributed by atoms with Crippen molar-refractivity contribution in [3.05, 3.63) is 220 Å². The Morgan fingerprint density at radius 2 is 0.988 bits per heavy atom.